The van der Waals surface area contributed by atoms with Crippen LogP contribution in [0.1, 0.15) is 18.7 Å². The molecule has 0 saturated heterocycles. The first-order valence-electron chi connectivity index (χ1n) is 5.59. The molecule has 7 heteroatoms. The summed E-state index contributed by atoms with van der Waals surface area (Å²) < 4.78 is 4.96. The lowest BCUT2D eigenvalue weighted by Crippen LogP contribution is -2.07. The number of hydrogen-bond donors (Lipinski definition) is 1. The van der Waals surface area contributed by atoms with Crippen molar-refractivity contribution < 1.29 is 9.66 Å². The average molecular weight is 279 g/mol. The average Bonchev–Trinajstić information content (AvgIpc) is 2.92. The van der Waals surface area contributed by atoms with Crippen LogP contribution in [0.25, 0.3) is 0 Å². The van der Waals surface area contributed by atoms with E-state index in [1.54, 1.807) is 17.6 Å². The Morgan fingerprint density at radius 1 is 1.53 bits per heavy atom. The molecular weight excluding hydrogens is 266 g/mol. The maximum Gasteiger partial charge on any atom is 0.312 e. The van der Waals surface area contributed by atoms with Crippen LogP contribution >= 0.6 is 11.3 Å². The molecule has 19 heavy (non-hydrogen) atoms. The Hall–Kier alpha value is -2.15. The van der Waals surface area contributed by atoms with Crippen molar-refractivity contribution in [2.24, 2.45) is 0 Å². The molecule has 0 aliphatic rings. The van der Waals surface area contributed by atoms with Crippen molar-refractivity contribution in [2.45, 2.75) is 13.0 Å². The first kappa shape index (κ1) is 13.3. The second-order valence-electron chi connectivity index (χ2n) is 3.92. The van der Waals surface area contributed by atoms with E-state index in [9.17, 15) is 10.1 Å². The van der Waals surface area contributed by atoms with Gasteiger partial charge < -0.3 is 10.1 Å². The van der Waals surface area contributed by atoms with E-state index in [4.69, 9.17) is 4.74 Å². The number of thiazole rings is 1. The van der Waals surface area contributed by atoms with Gasteiger partial charge in [-0.3, -0.25) is 10.1 Å². The van der Waals surface area contributed by atoms with Gasteiger partial charge in [-0.25, -0.2) is 4.98 Å². The van der Waals surface area contributed by atoms with Gasteiger partial charge in [0.25, 0.3) is 0 Å². The van der Waals surface area contributed by atoms with Crippen LogP contribution < -0.4 is 10.1 Å². The Morgan fingerprint density at radius 3 is 2.89 bits per heavy atom. The molecule has 0 amide bonds. The Balaban J connectivity index is 2.21. The van der Waals surface area contributed by atoms with Gasteiger partial charge in [-0.2, -0.15) is 0 Å². The predicted octanol–water partition coefficient (Wildman–Crippen LogP) is 3.23. The summed E-state index contributed by atoms with van der Waals surface area (Å²) in [5, 5.41) is 16.0. The van der Waals surface area contributed by atoms with Crippen molar-refractivity contribution in [3.8, 4) is 5.75 Å². The fourth-order valence-corrected chi connectivity index (χ4v) is 2.33. The largest absolute Gasteiger partial charge is 0.490 e. The highest BCUT2D eigenvalue weighted by Gasteiger charge is 2.16. The van der Waals surface area contributed by atoms with Gasteiger partial charge in [-0.05, 0) is 19.1 Å². The van der Waals surface area contributed by atoms with Crippen LogP contribution in [0, 0.1) is 10.1 Å². The molecule has 1 atom stereocenters. The summed E-state index contributed by atoms with van der Waals surface area (Å²) in [5.41, 5.74) is 3.26. The molecule has 0 aliphatic heterocycles. The van der Waals surface area contributed by atoms with Gasteiger partial charge in [0.15, 0.2) is 5.75 Å². The molecule has 0 fully saturated rings. The molecule has 0 radical (unpaired) electrons. The summed E-state index contributed by atoms with van der Waals surface area (Å²) in [6.45, 7) is 1.95. The van der Waals surface area contributed by atoms with Crippen LogP contribution in [0.3, 0.4) is 0 Å². The number of hydrogen-bond acceptors (Lipinski definition) is 6. The molecule has 6 nitrogen and oxygen atoms in total. The van der Waals surface area contributed by atoms with E-state index in [2.05, 4.69) is 10.3 Å². The second-order valence-corrected chi connectivity index (χ2v) is 4.64. The predicted molar refractivity (Wildman–Crippen MR) is 73.8 cm³/mol. The summed E-state index contributed by atoms with van der Waals surface area (Å²) in [5.74, 6) is 0.247. The zero-order valence-electron chi connectivity index (χ0n) is 10.5. The highest BCUT2D eigenvalue weighted by atomic mass is 32.1. The van der Waals surface area contributed by atoms with Gasteiger partial charge in [0.2, 0.25) is 0 Å². The zero-order valence-corrected chi connectivity index (χ0v) is 11.3. The number of anilines is 1. The number of nitrogens with zero attached hydrogens (tertiary/aromatic N) is 2. The standard InChI is InChI=1S/C12H13N3O3S/c1-8(10-6-19-7-13-10)14-9-3-4-12(18-2)11(5-9)15(16)17/h3-8,14H,1-2H3. The third kappa shape index (κ3) is 3.00. The maximum absolute atomic E-state index is 10.9. The number of nitro benzene ring substituents is 1. The van der Waals surface area contributed by atoms with Crippen LogP contribution in [-0.2, 0) is 0 Å². The van der Waals surface area contributed by atoms with Gasteiger partial charge in [-0.15, -0.1) is 11.3 Å². The van der Waals surface area contributed by atoms with Crippen LogP contribution in [0.15, 0.2) is 29.1 Å². The molecular formula is C12H13N3O3S. The highest BCUT2D eigenvalue weighted by Crippen LogP contribution is 2.31. The van der Waals surface area contributed by atoms with Crippen molar-refractivity contribution in [1.29, 1.82) is 0 Å². The van der Waals surface area contributed by atoms with Crippen LogP contribution in [0.5, 0.6) is 5.75 Å². The van der Waals surface area contributed by atoms with E-state index < -0.39 is 4.92 Å². The molecule has 2 aromatic rings. The first-order valence-corrected chi connectivity index (χ1v) is 6.53. The first-order chi connectivity index (χ1) is 9.11. The minimum Gasteiger partial charge on any atom is -0.490 e. The minimum absolute atomic E-state index is 0.0146. The van der Waals surface area contributed by atoms with E-state index in [1.807, 2.05) is 12.3 Å². The van der Waals surface area contributed by atoms with Gasteiger partial charge in [0, 0.05) is 17.1 Å². The molecule has 0 aliphatic carbocycles. The molecule has 0 spiro atoms. The van der Waals surface area contributed by atoms with Crippen molar-refractivity contribution in [1.82, 2.24) is 4.98 Å². The number of rotatable bonds is 5. The molecule has 1 aromatic carbocycles. The van der Waals surface area contributed by atoms with E-state index in [0.717, 1.165) is 5.69 Å². The molecule has 0 saturated carbocycles. The Morgan fingerprint density at radius 2 is 2.32 bits per heavy atom. The van der Waals surface area contributed by atoms with Crippen molar-refractivity contribution in [2.75, 3.05) is 12.4 Å². The summed E-state index contributed by atoms with van der Waals surface area (Å²) >= 11 is 1.51. The quantitative estimate of drug-likeness (QED) is 0.671. The molecule has 0 bridgehead atoms. The van der Waals surface area contributed by atoms with E-state index in [0.29, 0.717) is 5.69 Å². The molecule has 1 heterocycles. The van der Waals surface area contributed by atoms with Gasteiger partial charge in [0.1, 0.15) is 0 Å². The minimum atomic E-state index is -0.461. The lowest BCUT2D eigenvalue weighted by atomic mass is 10.2. The SMILES string of the molecule is COc1ccc(NC(C)c2cscn2)cc1[N+](=O)[O-]. The van der Waals surface area contributed by atoms with Gasteiger partial charge >= 0.3 is 5.69 Å². The van der Waals surface area contributed by atoms with E-state index in [1.165, 1.54) is 24.5 Å². The number of nitro groups is 1. The Bertz CT molecular complexity index is 572. The monoisotopic (exact) mass is 279 g/mol. The zero-order chi connectivity index (χ0) is 13.8. The molecule has 2 rings (SSSR count). The van der Waals surface area contributed by atoms with Crippen molar-refractivity contribution >= 4 is 22.7 Å². The fraction of sp³-hybridized carbons (Fsp3) is 0.250. The van der Waals surface area contributed by atoms with E-state index in [-0.39, 0.29) is 17.5 Å². The highest BCUT2D eigenvalue weighted by molar-refractivity contribution is 7.07. The smallest absolute Gasteiger partial charge is 0.312 e. The molecule has 1 N–H and O–H groups in total. The number of aromatic nitrogens is 1. The number of methoxy groups -OCH3 is 1. The van der Waals surface area contributed by atoms with Crippen molar-refractivity contribution in [3.05, 3.63) is 44.9 Å². The number of benzene rings is 1. The summed E-state index contributed by atoms with van der Waals surface area (Å²) in [4.78, 5) is 14.7. The second kappa shape index (κ2) is 5.66. The van der Waals surface area contributed by atoms with Crippen LogP contribution in [-0.4, -0.2) is 17.0 Å². The molecule has 100 valence electrons. The Kier molecular flexibility index (Phi) is 3.96. The van der Waals surface area contributed by atoms with Crippen LogP contribution in [0.2, 0.25) is 0 Å². The van der Waals surface area contributed by atoms with Crippen molar-refractivity contribution in [3.63, 3.8) is 0 Å². The lowest BCUT2D eigenvalue weighted by Gasteiger charge is -2.13. The molecule has 1 unspecified atom stereocenters. The fourth-order valence-electron chi connectivity index (χ4n) is 1.68. The van der Waals surface area contributed by atoms with E-state index >= 15 is 0 Å². The summed E-state index contributed by atoms with van der Waals surface area (Å²) in [6.07, 6.45) is 0. The maximum atomic E-state index is 10.9. The molecule has 1 aromatic heterocycles. The third-order valence-electron chi connectivity index (χ3n) is 2.65. The topological polar surface area (TPSA) is 77.3 Å². The summed E-state index contributed by atoms with van der Waals surface area (Å²) in [7, 11) is 1.41. The summed E-state index contributed by atoms with van der Waals surface area (Å²) in [6, 6.07) is 4.77. The van der Waals surface area contributed by atoms with Gasteiger partial charge in [0.05, 0.1) is 29.3 Å². The number of nitrogens with one attached hydrogen (secondary N) is 1. The lowest BCUT2D eigenvalue weighted by molar-refractivity contribution is -0.385. The van der Waals surface area contributed by atoms with Gasteiger partial charge in [-0.1, -0.05) is 0 Å². The van der Waals surface area contributed by atoms with Crippen LogP contribution in [0.4, 0.5) is 11.4 Å². The Labute approximate surface area is 114 Å². The normalized spacial score (nSPS) is 11.9. The third-order valence-corrected chi connectivity index (χ3v) is 3.26. The number of ether oxygens (including phenoxy) is 1.